The lowest BCUT2D eigenvalue weighted by molar-refractivity contribution is -0.120. The molecule has 1 heterocycles. The van der Waals surface area contributed by atoms with Gasteiger partial charge in [0.15, 0.2) is 0 Å². The number of aromatic nitrogens is 2. The summed E-state index contributed by atoms with van der Waals surface area (Å²) in [6.45, 7) is 1.86. The molecule has 3 aromatic carbocycles. The molecule has 0 saturated carbocycles. The van der Waals surface area contributed by atoms with Gasteiger partial charge in [0.2, 0.25) is 11.0 Å². The predicted octanol–water partition coefficient (Wildman–Crippen LogP) is 5.16. The van der Waals surface area contributed by atoms with Crippen LogP contribution in [0.4, 0.5) is 9.52 Å². The van der Waals surface area contributed by atoms with Gasteiger partial charge in [-0.05, 0) is 42.8 Å². The smallest absolute Gasteiger partial charge is 0.257 e. The van der Waals surface area contributed by atoms with Crippen LogP contribution < -0.4 is 15.5 Å². The van der Waals surface area contributed by atoms with Gasteiger partial charge in [0.05, 0.1) is 12.6 Å². The van der Waals surface area contributed by atoms with E-state index in [4.69, 9.17) is 16.3 Å². The van der Waals surface area contributed by atoms with Crippen molar-refractivity contribution in [2.75, 3.05) is 5.32 Å². The Morgan fingerprint density at radius 3 is 2.70 bits per heavy atom. The number of hydrogen-bond donors (Lipinski definition) is 2. The number of halogens is 2. The number of carbonyl (C=O) groups excluding carboxylic acids is 2. The molecule has 0 bridgehead atoms. The van der Waals surface area contributed by atoms with Gasteiger partial charge in [-0.25, -0.2) is 9.82 Å². The van der Waals surface area contributed by atoms with Crippen LogP contribution in [0.3, 0.4) is 0 Å². The van der Waals surface area contributed by atoms with Crippen LogP contribution in [-0.4, -0.2) is 28.2 Å². The number of anilines is 1. The first-order chi connectivity index (χ1) is 17.9. The maximum absolute atomic E-state index is 13.9. The molecule has 0 unspecified atom stereocenters. The van der Waals surface area contributed by atoms with Crippen molar-refractivity contribution < 1.29 is 18.7 Å². The van der Waals surface area contributed by atoms with Gasteiger partial charge in [0, 0.05) is 21.7 Å². The molecule has 0 saturated heterocycles. The van der Waals surface area contributed by atoms with Crippen molar-refractivity contribution in [1.82, 2.24) is 15.6 Å². The average molecular weight is 538 g/mol. The molecule has 0 aliphatic rings. The Bertz CT molecular complexity index is 1460. The third-order valence-electron chi connectivity index (χ3n) is 5.09. The van der Waals surface area contributed by atoms with Crippen LogP contribution in [0, 0.1) is 12.7 Å². The summed E-state index contributed by atoms with van der Waals surface area (Å²) in [5.41, 5.74) is 4.69. The maximum atomic E-state index is 13.9. The van der Waals surface area contributed by atoms with Gasteiger partial charge in [0.1, 0.15) is 23.2 Å². The van der Waals surface area contributed by atoms with Crippen LogP contribution in [0.2, 0.25) is 5.02 Å². The van der Waals surface area contributed by atoms with E-state index < -0.39 is 5.91 Å². The first-order valence-electron chi connectivity index (χ1n) is 11.1. The molecule has 0 aliphatic carbocycles. The molecule has 8 nitrogen and oxygen atoms in total. The van der Waals surface area contributed by atoms with Crippen molar-refractivity contribution in [2.24, 2.45) is 5.10 Å². The van der Waals surface area contributed by atoms with E-state index in [-0.39, 0.29) is 29.9 Å². The number of aryl methyl sites for hydroxylation is 1. The fourth-order valence-corrected chi connectivity index (χ4v) is 4.15. The molecule has 188 valence electrons. The topological polar surface area (TPSA) is 106 Å². The molecule has 11 heteroatoms. The van der Waals surface area contributed by atoms with Gasteiger partial charge in [0.25, 0.3) is 5.91 Å². The summed E-state index contributed by atoms with van der Waals surface area (Å²) >= 11 is 7.18. The molecule has 0 spiro atoms. The lowest BCUT2D eigenvalue weighted by atomic mass is 10.1. The zero-order chi connectivity index (χ0) is 26.2. The van der Waals surface area contributed by atoms with E-state index in [1.54, 1.807) is 48.5 Å². The van der Waals surface area contributed by atoms with Gasteiger partial charge in [-0.15, -0.1) is 10.2 Å². The summed E-state index contributed by atoms with van der Waals surface area (Å²) in [7, 11) is 0. The number of amides is 2. The molecule has 4 rings (SSSR count). The summed E-state index contributed by atoms with van der Waals surface area (Å²) < 4.78 is 19.6. The molecule has 0 atom stereocenters. The minimum Gasteiger partial charge on any atom is -0.488 e. The van der Waals surface area contributed by atoms with Gasteiger partial charge in [-0.2, -0.15) is 5.10 Å². The maximum Gasteiger partial charge on any atom is 0.257 e. The van der Waals surface area contributed by atoms with E-state index in [0.29, 0.717) is 32.5 Å². The highest BCUT2D eigenvalue weighted by Crippen LogP contribution is 2.23. The van der Waals surface area contributed by atoms with Crippen molar-refractivity contribution >= 4 is 46.1 Å². The summed E-state index contributed by atoms with van der Waals surface area (Å²) in [5.74, 6) is -0.679. The van der Waals surface area contributed by atoms with Crippen LogP contribution in [0.15, 0.2) is 71.8 Å². The summed E-state index contributed by atoms with van der Waals surface area (Å²) in [6.07, 6.45) is 1.30. The molecular weight excluding hydrogens is 517 g/mol. The van der Waals surface area contributed by atoms with Crippen LogP contribution in [0.1, 0.15) is 32.1 Å². The van der Waals surface area contributed by atoms with Crippen LogP contribution in [0.25, 0.3) is 0 Å². The van der Waals surface area contributed by atoms with Gasteiger partial charge >= 0.3 is 0 Å². The minimum atomic E-state index is -0.431. The Morgan fingerprint density at radius 1 is 1.11 bits per heavy atom. The number of ether oxygens (including phenoxy) is 1. The Kier molecular flexibility index (Phi) is 8.55. The van der Waals surface area contributed by atoms with Crippen LogP contribution in [-0.2, 0) is 17.8 Å². The van der Waals surface area contributed by atoms with Crippen molar-refractivity contribution in [3.63, 3.8) is 0 Å². The number of hydrogen-bond acceptors (Lipinski definition) is 7. The Morgan fingerprint density at radius 2 is 1.89 bits per heavy atom. The van der Waals surface area contributed by atoms with E-state index in [0.717, 1.165) is 16.9 Å². The van der Waals surface area contributed by atoms with Gasteiger partial charge in [-0.3, -0.25) is 14.9 Å². The number of rotatable bonds is 9. The SMILES string of the molecule is Cc1ccccc1C(=O)Nc1nnc(CC(=O)N/N=C\c2cc(Cl)ccc2OCc2ccccc2F)s1. The largest absolute Gasteiger partial charge is 0.488 e. The highest BCUT2D eigenvalue weighted by molar-refractivity contribution is 7.15. The lowest BCUT2D eigenvalue weighted by Crippen LogP contribution is -2.19. The summed E-state index contributed by atoms with van der Waals surface area (Å²) in [5, 5.41) is 15.7. The minimum absolute atomic E-state index is 0.0151. The molecule has 0 fully saturated rings. The van der Waals surface area contributed by atoms with E-state index in [1.165, 1.54) is 12.3 Å². The fourth-order valence-electron chi connectivity index (χ4n) is 3.24. The number of hydrazone groups is 1. The van der Waals surface area contributed by atoms with Crippen molar-refractivity contribution in [3.8, 4) is 5.75 Å². The predicted molar refractivity (Wildman–Crippen MR) is 141 cm³/mol. The second-order valence-corrected chi connectivity index (χ2v) is 9.30. The van der Waals surface area contributed by atoms with E-state index in [9.17, 15) is 14.0 Å². The third kappa shape index (κ3) is 7.18. The number of nitrogens with zero attached hydrogens (tertiary/aromatic N) is 3. The van der Waals surface area contributed by atoms with Crippen LogP contribution in [0.5, 0.6) is 5.75 Å². The van der Waals surface area contributed by atoms with E-state index >= 15 is 0 Å². The Hall–Kier alpha value is -4.15. The van der Waals surface area contributed by atoms with E-state index in [1.807, 2.05) is 19.1 Å². The van der Waals surface area contributed by atoms with E-state index in [2.05, 4.69) is 26.0 Å². The molecule has 4 aromatic rings. The molecule has 2 N–H and O–H groups in total. The highest BCUT2D eigenvalue weighted by Gasteiger charge is 2.14. The number of nitrogens with one attached hydrogen (secondary N) is 2. The average Bonchev–Trinajstić information content (AvgIpc) is 3.31. The molecule has 1 aromatic heterocycles. The molecule has 37 heavy (non-hydrogen) atoms. The fraction of sp³-hybridized carbons (Fsp3) is 0.115. The van der Waals surface area contributed by atoms with Gasteiger partial charge in [-0.1, -0.05) is 59.3 Å². The quantitative estimate of drug-likeness (QED) is 0.226. The zero-order valence-electron chi connectivity index (χ0n) is 19.6. The molecule has 0 radical (unpaired) electrons. The molecular formula is C26H21ClFN5O3S. The second-order valence-electron chi connectivity index (χ2n) is 7.80. The monoisotopic (exact) mass is 537 g/mol. The first-order valence-corrected chi connectivity index (χ1v) is 12.3. The van der Waals surface area contributed by atoms with Crippen molar-refractivity contribution in [1.29, 1.82) is 0 Å². The first kappa shape index (κ1) is 25.9. The highest BCUT2D eigenvalue weighted by atomic mass is 35.5. The molecule has 0 aliphatic heterocycles. The summed E-state index contributed by atoms with van der Waals surface area (Å²) in [4.78, 5) is 24.8. The second kappa shape index (κ2) is 12.2. The van der Waals surface area contributed by atoms with Crippen LogP contribution >= 0.6 is 22.9 Å². The van der Waals surface area contributed by atoms with Crippen molar-refractivity contribution in [2.45, 2.75) is 20.0 Å². The zero-order valence-corrected chi connectivity index (χ0v) is 21.1. The Labute approximate surface area is 221 Å². The number of benzene rings is 3. The molecule has 2 amide bonds. The van der Waals surface area contributed by atoms with Crippen molar-refractivity contribution in [3.05, 3.63) is 105 Å². The third-order valence-corrected chi connectivity index (χ3v) is 6.17. The lowest BCUT2D eigenvalue weighted by Gasteiger charge is -2.10. The Balaban J connectivity index is 1.33. The summed E-state index contributed by atoms with van der Waals surface area (Å²) in [6, 6.07) is 18.4. The number of carbonyl (C=O) groups is 2. The normalized spacial score (nSPS) is 10.9. The van der Waals surface area contributed by atoms with Gasteiger partial charge < -0.3 is 4.74 Å². The standard InChI is InChI=1S/C26H21ClFN5O3S/c1-16-6-2-4-8-20(16)25(35)30-26-33-32-24(37-26)13-23(34)31-29-14-18-12-19(27)10-11-22(18)36-15-17-7-3-5-9-21(17)28/h2-12,14H,13,15H2,1H3,(H,31,34)(H,30,33,35)/b29-14-.